The van der Waals surface area contributed by atoms with E-state index in [1.807, 2.05) is 37.4 Å². The number of aromatic nitrogens is 2. The molecule has 0 fully saturated rings. The average Bonchev–Trinajstić information content (AvgIpc) is 2.41. The third kappa shape index (κ3) is 1.86. The number of rotatable bonds is 1. The zero-order chi connectivity index (χ0) is 12.5. The van der Waals surface area contributed by atoms with Gasteiger partial charge in [0.05, 0.1) is 11.2 Å². The molecule has 0 aliphatic heterocycles. The maximum atomic E-state index is 4.61. The van der Waals surface area contributed by atoms with Crippen LogP contribution >= 0.6 is 0 Å². The average molecular weight is 234 g/mol. The van der Waals surface area contributed by atoms with Gasteiger partial charge in [-0.25, -0.2) is 0 Å². The van der Waals surface area contributed by atoms with Crippen molar-refractivity contribution in [3.63, 3.8) is 0 Å². The van der Waals surface area contributed by atoms with E-state index < -0.39 is 0 Å². The summed E-state index contributed by atoms with van der Waals surface area (Å²) in [6.07, 6.45) is 1.89. The van der Waals surface area contributed by atoms with Crippen LogP contribution in [0.4, 0.5) is 0 Å². The Hall–Kier alpha value is -2.22. The van der Waals surface area contributed by atoms with Gasteiger partial charge in [0, 0.05) is 22.8 Å². The molecule has 2 nitrogen and oxygen atoms in total. The minimum atomic E-state index is 0.983. The highest BCUT2D eigenvalue weighted by atomic mass is 14.7. The molecule has 2 aromatic heterocycles. The Balaban J connectivity index is 2.16. The number of hydrogen-bond acceptors (Lipinski definition) is 2. The number of benzene rings is 1. The molecular weight excluding hydrogens is 220 g/mol. The molecule has 3 aromatic rings. The van der Waals surface area contributed by atoms with Crippen molar-refractivity contribution in [2.45, 2.75) is 13.8 Å². The molecule has 0 amide bonds. The van der Waals surface area contributed by atoms with E-state index in [-0.39, 0.29) is 0 Å². The van der Waals surface area contributed by atoms with Gasteiger partial charge >= 0.3 is 0 Å². The molecule has 0 atom stereocenters. The smallest absolute Gasteiger partial charge is 0.0721 e. The van der Waals surface area contributed by atoms with Crippen LogP contribution < -0.4 is 0 Å². The van der Waals surface area contributed by atoms with E-state index in [0.717, 1.165) is 27.9 Å². The lowest BCUT2D eigenvalue weighted by Crippen LogP contribution is -1.91. The predicted octanol–water partition coefficient (Wildman–Crippen LogP) is 3.91. The minimum Gasteiger partial charge on any atom is -0.256 e. The number of para-hydroxylation sites is 1. The topological polar surface area (TPSA) is 25.8 Å². The SMILES string of the molecule is Cc1ccc(-c2cnc3ccccc3c2)nc1C. The lowest BCUT2D eigenvalue weighted by atomic mass is 10.1. The molecule has 0 aliphatic carbocycles. The molecule has 2 heterocycles. The second-order valence-corrected chi connectivity index (χ2v) is 4.52. The first-order valence-electron chi connectivity index (χ1n) is 6.03. The normalized spacial score (nSPS) is 10.8. The molecule has 0 saturated carbocycles. The van der Waals surface area contributed by atoms with Gasteiger partial charge in [-0.3, -0.25) is 9.97 Å². The van der Waals surface area contributed by atoms with Crippen molar-refractivity contribution in [1.82, 2.24) is 9.97 Å². The first-order chi connectivity index (χ1) is 8.74. The zero-order valence-electron chi connectivity index (χ0n) is 10.5. The summed E-state index contributed by atoms with van der Waals surface area (Å²) in [7, 11) is 0. The van der Waals surface area contributed by atoms with E-state index in [4.69, 9.17) is 0 Å². The second-order valence-electron chi connectivity index (χ2n) is 4.52. The van der Waals surface area contributed by atoms with E-state index >= 15 is 0 Å². The van der Waals surface area contributed by atoms with E-state index in [1.165, 1.54) is 5.56 Å². The van der Waals surface area contributed by atoms with Crippen LogP contribution in [0.2, 0.25) is 0 Å². The quantitative estimate of drug-likeness (QED) is 0.638. The summed E-state index contributed by atoms with van der Waals surface area (Å²) in [5.74, 6) is 0. The van der Waals surface area contributed by atoms with Gasteiger partial charge in [0.15, 0.2) is 0 Å². The van der Waals surface area contributed by atoms with Gasteiger partial charge in [0.2, 0.25) is 0 Å². The summed E-state index contributed by atoms with van der Waals surface area (Å²) in [4.78, 5) is 9.08. The van der Waals surface area contributed by atoms with Crippen LogP contribution in [-0.2, 0) is 0 Å². The van der Waals surface area contributed by atoms with Crippen LogP contribution in [-0.4, -0.2) is 9.97 Å². The molecule has 1 aromatic carbocycles. The van der Waals surface area contributed by atoms with Crippen molar-refractivity contribution in [2.24, 2.45) is 0 Å². The molecule has 2 heteroatoms. The third-order valence-corrected chi connectivity index (χ3v) is 3.24. The molecule has 0 radical (unpaired) electrons. The molecule has 0 saturated heterocycles. The maximum absolute atomic E-state index is 4.61. The van der Waals surface area contributed by atoms with Crippen molar-refractivity contribution in [2.75, 3.05) is 0 Å². The van der Waals surface area contributed by atoms with Crippen molar-refractivity contribution < 1.29 is 0 Å². The number of fused-ring (bicyclic) bond motifs is 1. The summed E-state index contributed by atoms with van der Waals surface area (Å²) < 4.78 is 0. The van der Waals surface area contributed by atoms with Gasteiger partial charge in [-0.05, 0) is 37.6 Å². The van der Waals surface area contributed by atoms with Gasteiger partial charge in [-0.1, -0.05) is 24.3 Å². The Bertz CT molecular complexity index is 717. The van der Waals surface area contributed by atoms with Crippen LogP contribution in [0.1, 0.15) is 11.3 Å². The second kappa shape index (κ2) is 4.22. The van der Waals surface area contributed by atoms with E-state index in [2.05, 4.69) is 35.1 Å². The standard InChI is InChI=1S/C16H14N2/c1-11-7-8-16(18-12(11)2)14-9-13-5-3-4-6-15(13)17-10-14/h3-10H,1-2H3. The molecule has 0 unspecified atom stereocenters. The Kier molecular flexibility index (Phi) is 2.56. The summed E-state index contributed by atoms with van der Waals surface area (Å²) in [6.45, 7) is 4.11. The Morgan fingerprint density at radius 2 is 1.78 bits per heavy atom. The van der Waals surface area contributed by atoms with Crippen molar-refractivity contribution in [3.05, 3.63) is 59.9 Å². The fourth-order valence-electron chi connectivity index (χ4n) is 2.00. The fourth-order valence-corrected chi connectivity index (χ4v) is 2.00. The van der Waals surface area contributed by atoms with Gasteiger partial charge < -0.3 is 0 Å². The monoisotopic (exact) mass is 234 g/mol. The number of aryl methyl sites for hydroxylation is 2. The van der Waals surface area contributed by atoms with Crippen molar-refractivity contribution in [1.29, 1.82) is 0 Å². The predicted molar refractivity (Wildman–Crippen MR) is 74.4 cm³/mol. The lowest BCUT2D eigenvalue weighted by molar-refractivity contribution is 1.15. The highest BCUT2D eigenvalue weighted by Crippen LogP contribution is 2.21. The Labute approximate surface area is 106 Å². The zero-order valence-corrected chi connectivity index (χ0v) is 10.5. The van der Waals surface area contributed by atoms with Crippen molar-refractivity contribution >= 4 is 10.9 Å². The van der Waals surface area contributed by atoms with Crippen LogP contribution in [0.25, 0.3) is 22.2 Å². The molecule has 3 rings (SSSR count). The molecule has 88 valence electrons. The highest BCUT2D eigenvalue weighted by Gasteiger charge is 2.03. The van der Waals surface area contributed by atoms with Crippen molar-refractivity contribution in [3.8, 4) is 11.3 Å². The van der Waals surface area contributed by atoms with E-state index in [1.54, 1.807) is 0 Å². The summed E-state index contributed by atoms with van der Waals surface area (Å²) in [5, 5.41) is 1.15. The first-order valence-corrected chi connectivity index (χ1v) is 6.03. The lowest BCUT2D eigenvalue weighted by Gasteiger charge is -2.05. The highest BCUT2D eigenvalue weighted by molar-refractivity contribution is 5.82. The largest absolute Gasteiger partial charge is 0.256 e. The number of hydrogen-bond donors (Lipinski definition) is 0. The molecule has 0 spiro atoms. The molecule has 18 heavy (non-hydrogen) atoms. The molecule has 0 bridgehead atoms. The summed E-state index contributed by atoms with van der Waals surface area (Å²) >= 11 is 0. The van der Waals surface area contributed by atoms with Gasteiger partial charge in [0.25, 0.3) is 0 Å². The fraction of sp³-hybridized carbons (Fsp3) is 0.125. The van der Waals surface area contributed by atoms with Gasteiger partial charge in [-0.15, -0.1) is 0 Å². The Morgan fingerprint density at radius 3 is 2.61 bits per heavy atom. The summed E-state index contributed by atoms with van der Waals surface area (Å²) in [5.41, 5.74) is 5.35. The summed E-state index contributed by atoms with van der Waals surface area (Å²) in [6, 6.07) is 14.4. The Morgan fingerprint density at radius 1 is 0.944 bits per heavy atom. The van der Waals surface area contributed by atoms with E-state index in [9.17, 15) is 0 Å². The molecule has 0 N–H and O–H groups in total. The minimum absolute atomic E-state index is 0.983. The number of pyridine rings is 2. The number of nitrogens with zero attached hydrogens (tertiary/aromatic N) is 2. The van der Waals surface area contributed by atoms with Crippen LogP contribution in [0, 0.1) is 13.8 Å². The van der Waals surface area contributed by atoms with E-state index in [0.29, 0.717) is 0 Å². The third-order valence-electron chi connectivity index (χ3n) is 3.24. The maximum Gasteiger partial charge on any atom is 0.0721 e. The van der Waals surface area contributed by atoms with Gasteiger partial charge in [-0.2, -0.15) is 0 Å². The van der Waals surface area contributed by atoms with Crippen LogP contribution in [0.5, 0.6) is 0 Å². The van der Waals surface area contributed by atoms with Crippen LogP contribution in [0.3, 0.4) is 0 Å². The first kappa shape index (κ1) is 10.9. The van der Waals surface area contributed by atoms with Crippen LogP contribution in [0.15, 0.2) is 48.7 Å². The van der Waals surface area contributed by atoms with Gasteiger partial charge in [0.1, 0.15) is 0 Å². The molecule has 0 aliphatic rings. The molecular formula is C16H14N2.